The Morgan fingerprint density at radius 3 is 2.67 bits per heavy atom. The van der Waals surface area contributed by atoms with Crippen LogP contribution in [-0.4, -0.2) is 47.8 Å². The van der Waals surface area contributed by atoms with Gasteiger partial charge in [-0.25, -0.2) is 5.09 Å². The molecule has 0 rings (SSSR count). The summed E-state index contributed by atoms with van der Waals surface area (Å²) in [5, 5.41) is 27.8. The van der Waals surface area contributed by atoms with Crippen LogP contribution < -0.4 is 5.09 Å². The number of aliphatic hydroxyl groups is 3. The first-order chi connectivity index (χ1) is 5.70. The lowest BCUT2D eigenvalue weighted by Crippen LogP contribution is -2.19. The van der Waals surface area contributed by atoms with Crippen molar-refractivity contribution in [1.29, 1.82) is 0 Å². The third-order valence-electron chi connectivity index (χ3n) is 0.999. The van der Waals surface area contributed by atoms with Crippen LogP contribution in [0.1, 0.15) is 0 Å². The second-order valence-electron chi connectivity index (χ2n) is 2.09. The summed E-state index contributed by atoms with van der Waals surface area (Å²) in [5.41, 5.74) is 0. The summed E-state index contributed by atoms with van der Waals surface area (Å²) in [6.07, 6.45) is -1.00. The van der Waals surface area contributed by atoms with Gasteiger partial charge in [0.15, 0.2) is 0 Å². The Labute approximate surface area is 71.1 Å². The van der Waals surface area contributed by atoms with Gasteiger partial charge >= 0.3 is 0 Å². The molecule has 74 valence electrons. The summed E-state index contributed by atoms with van der Waals surface area (Å²) >= 11 is 0. The number of nitrogens with one attached hydrogen (secondary N) is 1. The monoisotopic (exact) mass is 199 g/mol. The van der Waals surface area contributed by atoms with Crippen molar-refractivity contribution in [2.45, 2.75) is 6.10 Å². The molecule has 0 aliphatic carbocycles. The Bertz CT molecular complexity index is 133. The summed E-state index contributed by atoms with van der Waals surface area (Å²) in [4.78, 5) is 0. The number of hydrogen-bond donors (Lipinski definition) is 4. The van der Waals surface area contributed by atoms with E-state index in [1.165, 1.54) is 0 Å². The molecule has 4 N–H and O–H groups in total. The molecule has 0 aliphatic rings. The van der Waals surface area contributed by atoms with Gasteiger partial charge in [-0.3, -0.25) is 4.57 Å². The van der Waals surface area contributed by atoms with Gasteiger partial charge in [0.2, 0.25) is 0 Å². The van der Waals surface area contributed by atoms with E-state index in [-0.39, 0.29) is 19.8 Å². The van der Waals surface area contributed by atoms with Gasteiger partial charge in [0.25, 0.3) is 8.18 Å². The molecule has 0 heterocycles. The van der Waals surface area contributed by atoms with Gasteiger partial charge in [0.1, 0.15) is 6.10 Å². The summed E-state index contributed by atoms with van der Waals surface area (Å²) in [7, 11) is -2.39. The average Bonchev–Trinajstić information content (AvgIpc) is 2.10. The van der Waals surface area contributed by atoms with E-state index in [0.717, 1.165) is 0 Å². The van der Waals surface area contributed by atoms with Gasteiger partial charge in [0, 0.05) is 6.54 Å². The Kier molecular flexibility index (Phi) is 7.69. The Hall–Kier alpha value is 0.0300. The molecular formula is C5H14NO5P. The lowest BCUT2D eigenvalue weighted by Gasteiger charge is -2.08. The van der Waals surface area contributed by atoms with Gasteiger partial charge in [-0.1, -0.05) is 0 Å². The van der Waals surface area contributed by atoms with Crippen molar-refractivity contribution in [2.24, 2.45) is 0 Å². The molecule has 0 aliphatic heterocycles. The van der Waals surface area contributed by atoms with Crippen LogP contribution in [0.2, 0.25) is 0 Å². The van der Waals surface area contributed by atoms with Crippen LogP contribution in [0.15, 0.2) is 0 Å². The van der Waals surface area contributed by atoms with Crippen molar-refractivity contribution < 1.29 is 24.4 Å². The molecular weight excluding hydrogens is 185 g/mol. The van der Waals surface area contributed by atoms with Crippen LogP contribution in [0.3, 0.4) is 0 Å². The molecule has 0 aromatic carbocycles. The standard InChI is InChI=1S/C5H14NO5P/c7-2-1-6-12(10)11-4-5(9)3-8/h5,7-9,12H,1-4H2,(H,6,10). The normalized spacial score (nSPS) is 15.9. The van der Waals surface area contributed by atoms with Crippen LogP contribution >= 0.6 is 8.18 Å². The Morgan fingerprint density at radius 1 is 1.50 bits per heavy atom. The van der Waals surface area contributed by atoms with Crippen LogP contribution in [0.4, 0.5) is 0 Å². The minimum absolute atomic E-state index is 0.123. The quantitative estimate of drug-likeness (QED) is 0.366. The molecule has 6 nitrogen and oxygen atoms in total. The van der Waals surface area contributed by atoms with Crippen LogP contribution in [0.5, 0.6) is 0 Å². The van der Waals surface area contributed by atoms with E-state index in [1.54, 1.807) is 0 Å². The number of aliphatic hydroxyl groups excluding tert-OH is 3. The molecule has 0 aromatic rings. The van der Waals surface area contributed by atoms with Gasteiger partial charge in [-0.15, -0.1) is 0 Å². The van der Waals surface area contributed by atoms with E-state index < -0.39 is 20.9 Å². The second kappa shape index (κ2) is 7.67. The smallest absolute Gasteiger partial charge is 0.258 e. The molecule has 0 spiro atoms. The van der Waals surface area contributed by atoms with Gasteiger partial charge in [0.05, 0.1) is 19.8 Å². The van der Waals surface area contributed by atoms with E-state index in [2.05, 4.69) is 9.61 Å². The van der Waals surface area contributed by atoms with Crippen molar-refractivity contribution in [3.63, 3.8) is 0 Å². The summed E-state index contributed by atoms with van der Waals surface area (Å²) in [6.45, 7) is -0.531. The van der Waals surface area contributed by atoms with Crippen molar-refractivity contribution >= 4 is 8.18 Å². The summed E-state index contributed by atoms with van der Waals surface area (Å²) in [6, 6.07) is 0. The average molecular weight is 199 g/mol. The number of rotatable bonds is 7. The first kappa shape index (κ1) is 12.0. The number of hydrogen-bond acceptors (Lipinski definition) is 5. The fraction of sp³-hybridized carbons (Fsp3) is 1.00. The maximum absolute atomic E-state index is 10.8. The summed E-state index contributed by atoms with van der Waals surface area (Å²) in [5.74, 6) is 0. The zero-order valence-corrected chi connectivity index (χ0v) is 7.56. The minimum atomic E-state index is -2.39. The predicted octanol–water partition coefficient (Wildman–Crippen LogP) is -1.67. The van der Waals surface area contributed by atoms with E-state index in [4.69, 9.17) is 15.3 Å². The highest BCUT2D eigenvalue weighted by molar-refractivity contribution is 7.36. The molecule has 0 aromatic heterocycles. The zero-order chi connectivity index (χ0) is 9.40. The van der Waals surface area contributed by atoms with Crippen molar-refractivity contribution in [1.82, 2.24) is 5.09 Å². The van der Waals surface area contributed by atoms with Gasteiger partial charge in [-0.05, 0) is 0 Å². The highest BCUT2D eigenvalue weighted by atomic mass is 31.1. The molecule has 0 radical (unpaired) electrons. The molecule has 0 bridgehead atoms. The Balaban J connectivity index is 3.31. The highest BCUT2D eigenvalue weighted by Crippen LogP contribution is 2.15. The topological polar surface area (TPSA) is 99.0 Å². The van der Waals surface area contributed by atoms with Crippen LogP contribution in [0.25, 0.3) is 0 Å². The predicted molar refractivity (Wildman–Crippen MR) is 43.1 cm³/mol. The first-order valence-corrected chi connectivity index (χ1v) is 4.82. The molecule has 2 atom stereocenters. The van der Waals surface area contributed by atoms with Crippen molar-refractivity contribution in [3.05, 3.63) is 0 Å². The summed E-state index contributed by atoms with van der Waals surface area (Å²) < 4.78 is 15.4. The second-order valence-corrected chi connectivity index (χ2v) is 3.30. The molecule has 0 saturated heterocycles. The fourth-order valence-electron chi connectivity index (χ4n) is 0.434. The van der Waals surface area contributed by atoms with Crippen molar-refractivity contribution in [2.75, 3.05) is 26.4 Å². The van der Waals surface area contributed by atoms with E-state index in [9.17, 15) is 4.57 Å². The fourth-order valence-corrected chi connectivity index (χ4v) is 1.20. The largest absolute Gasteiger partial charge is 0.395 e. The van der Waals surface area contributed by atoms with Crippen molar-refractivity contribution in [3.8, 4) is 0 Å². The Morgan fingerprint density at radius 2 is 2.17 bits per heavy atom. The maximum atomic E-state index is 10.8. The zero-order valence-electron chi connectivity index (χ0n) is 6.56. The lowest BCUT2D eigenvalue weighted by molar-refractivity contribution is 0.0556. The van der Waals surface area contributed by atoms with Gasteiger partial charge < -0.3 is 19.8 Å². The molecule has 12 heavy (non-hydrogen) atoms. The van der Waals surface area contributed by atoms with Crippen LogP contribution in [0, 0.1) is 0 Å². The molecule has 0 amide bonds. The van der Waals surface area contributed by atoms with E-state index in [0.29, 0.717) is 0 Å². The maximum Gasteiger partial charge on any atom is 0.258 e. The minimum Gasteiger partial charge on any atom is -0.395 e. The SMILES string of the molecule is O=[PH](NCCO)OCC(O)CO. The third-order valence-corrected chi connectivity index (χ3v) is 1.97. The van der Waals surface area contributed by atoms with Crippen LogP contribution in [-0.2, 0) is 9.09 Å². The third kappa shape index (κ3) is 6.72. The van der Waals surface area contributed by atoms with E-state index >= 15 is 0 Å². The highest BCUT2D eigenvalue weighted by Gasteiger charge is 2.04. The molecule has 0 saturated carbocycles. The molecule has 2 unspecified atom stereocenters. The lowest BCUT2D eigenvalue weighted by atomic mass is 10.4. The molecule has 7 heteroatoms. The molecule has 0 fully saturated rings. The van der Waals surface area contributed by atoms with Gasteiger partial charge in [-0.2, -0.15) is 0 Å². The van der Waals surface area contributed by atoms with E-state index in [1.807, 2.05) is 0 Å². The first-order valence-electron chi connectivity index (χ1n) is 3.51.